The van der Waals surface area contributed by atoms with Crippen LogP contribution in [-0.4, -0.2) is 17.4 Å². The molecule has 1 atom stereocenters. The quantitative estimate of drug-likeness (QED) is 0.746. The molecule has 110 valence electrons. The van der Waals surface area contributed by atoms with E-state index < -0.39 is 0 Å². The van der Waals surface area contributed by atoms with Crippen LogP contribution in [0.4, 0.5) is 4.39 Å². The van der Waals surface area contributed by atoms with Gasteiger partial charge in [-0.1, -0.05) is 6.92 Å². The Morgan fingerprint density at radius 3 is 3.05 bits per heavy atom. The predicted molar refractivity (Wildman–Crippen MR) is 86.2 cm³/mol. The molecule has 5 heteroatoms. The summed E-state index contributed by atoms with van der Waals surface area (Å²) in [5.74, 6) is -0.493. The zero-order chi connectivity index (χ0) is 15.0. The average Bonchev–Trinajstić information content (AvgIpc) is 2.96. The van der Waals surface area contributed by atoms with E-state index in [0.717, 1.165) is 12.8 Å². The minimum atomic E-state index is -0.386. The summed E-state index contributed by atoms with van der Waals surface area (Å²) < 4.78 is 14.1. The topological polar surface area (TPSA) is 20.3 Å². The molecule has 1 aromatic carbocycles. The highest BCUT2D eigenvalue weighted by atomic mass is 79.9. The molecule has 2 heterocycles. The fraction of sp³-hybridized carbons (Fsp3) is 0.312. The minimum absolute atomic E-state index is 0.0858. The summed E-state index contributed by atoms with van der Waals surface area (Å²) in [6, 6.07) is 6.44. The summed E-state index contributed by atoms with van der Waals surface area (Å²) in [7, 11) is 0. The number of benzene rings is 1. The van der Waals surface area contributed by atoms with E-state index >= 15 is 0 Å². The fourth-order valence-electron chi connectivity index (χ4n) is 2.90. The molecule has 0 aliphatic carbocycles. The number of halogens is 2. The van der Waals surface area contributed by atoms with Crippen LogP contribution < -0.4 is 0 Å². The van der Waals surface area contributed by atoms with E-state index in [4.69, 9.17) is 0 Å². The Kier molecular flexibility index (Phi) is 4.13. The van der Waals surface area contributed by atoms with Gasteiger partial charge in [0.15, 0.2) is 0 Å². The lowest BCUT2D eigenvalue weighted by Gasteiger charge is -2.35. The number of thiophene rings is 1. The summed E-state index contributed by atoms with van der Waals surface area (Å²) >= 11 is 5.10. The highest BCUT2D eigenvalue weighted by Gasteiger charge is 2.31. The molecule has 1 unspecified atom stereocenters. The molecule has 1 aliphatic rings. The van der Waals surface area contributed by atoms with Crippen LogP contribution in [0.3, 0.4) is 0 Å². The van der Waals surface area contributed by atoms with Crippen molar-refractivity contribution in [1.29, 1.82) is 0 Å². The third kappa shape index (κ3) is 2.64. The normalized spacial score (nSPS) is 17.7. The Morgan fingerprint density at radius 2 is 2.29 bits per heavy atom. The van der Waals surface area contributed by atoms with Crippen LogP contribution in [0.25, 0.3) is 0 Å². The fourth-order valence-corrected chi connectivity index (χ4v) is 4.24. The van der Waals surface area contributed by atoms with E-state index in [-0.39, 0.29) is 17.8 Å². The third-order valence-corrected chi connectivity index (χ3v) is 5.59. The maximum Gasteiger partial charge on any atom is 0.255 e. The first kappa shape index (κ1) is 14.7. The van der Waals surface area contributed by atoms with E-state index in [1.165, 1.54) is 22.6 Å². The lowest BCUT2D eigenvalue weighted by atomic mass is 9.97. The van der Waals surface area contributed by atoms with Crippen LogP contribution in [0.1, 0.15) is 40.2 Å². The van der Waals surface area contributed by atoms with Crippen molar-refractivity contribution >= 4 is 33.2 Å². The second kappa shape index (κ2) is 5.89. The summed E-state index contributed by atoms with van der Waals surface area (Å²) in [5, 5.41) is 2.08. The van der Waals surface area contributed by atoms with Gasteiger partial charge in [0, 0.05) is 15.9 Å². The van der Waals surface area contributed by atoms with E-state index in [9.17, 15) is 9.18 Å². The van der Waals surface area contributed by atoms with Crippen molar-refractivity contribution in [2.45, 2.75) is 25.8 Å². The van der Waals surface area contributed by atoms with Crippen molar-refractivity contribution < 1.29 is 9.18 Å². The maximum absolute atomic E-state index is 13.5. The monoisotopic (exact) mass is 367 g/mol. The molecule has 1 amide bonds. The molecule has 3 rings (SSSR count). The third-order valence-electron chi connectivity index (χ3n) is 3.90. The molecule has 1 aliphatic heterocycles. The molecule has 0 fully saturated rings. The van der Waals surface area contributed by atoms with E-state index in [1.807, 2.05) is 4.90 Å². The molecular formula is C16H15BrFNOS. The van der Waals surface area contributed by atoms with Gasteiger partial charge in [-0.2, -0.15) is 0 Å². The van der Waals surface area contributed by atoms with Crippen LogP contribution in [0.5, 0.6) is 0 Å². The number of fused-ring (bicyclic) bond motifs is 1. The molecule has 0 spiro atoms. The largest absolute Gasteiger partial charge is 0.331 e. The SMILES string of the molecule is CCC1c2ccsc2CCN1C(=O)c1cc(F)ccc1Br. The second-order valence-corrected chi connectivity index (χ2v) is 6.95. The first-order valence-electron chi connectivity index (χ1n) is 6.94. The zero-order valence-corrected chi connectivity index (χ0v) is 14.0. The molecule has 1 aromatic heterocycles. The van der Waals surface area contributed by atoms with Gasteiger partial charge >= 0.3 is 0 Å². The zero-order valence-electron chi connectivity index (χ0n) is 11.6. The lowest BCUT2D eigenvalue weighted by Crippen LogP contribution is -2.39. The van der Waals surface area contributed by atoms with E-state index in [2.05, 4.69) is 34.3 Å². The molecule has 0 bridgehead atoms. The number of hydrogen-bond donors (Lipinski definition) is 0. The molecule has 21 heavy (non-hydrogen) atoms. The number of carbonyl (C=O) groups is 1. The molecule has 0 saturated carbocycles. The molecule has 2 aromatic rings. The molecular weight excluding hydrogens is 353 g/mol. The Morgan fingerprint density at radius 1 is 1.48 bits per heavy atom. The number of amides is 1. The number of nitrogens with zero attached hydrogens (tertiary/aromatic N) is 1. The van der Waals surface area contributed by atoms with Crippen molar-refractivity contribution in [2.75, 3.05) is 6.54 Å². The van der Waals surface area contributed by atoms with Gasteiger partial charge in [0.1, 0.15) is 5.82 Å². The Balaban J connectivity index is 1.96. The average molecular weight is 368 g/mol. The Bertz CT molecular complexity index is 685. The molecule has 0 N–H and O–H groups in total. The summed E-state index contributed by atoms with van der Waals surface area (Å²) in [5.41, 5.74) is 1.64. The van der Waals surface area contributed by atoms with Crippen molar-refractivity contribution in [3.63, 3.8) is 0 Å². The maximum atomic E-state index is 13.5. The van der Waals surface area contributed by atoms with Crippen LogP contribution in [0, 0.1) is 5.82 Å². The van der Waals surface area contributed by atoms with E-state index in [1.54, 1.807) is 17.4 Å². The van der Waals surface area contributed by atoms with Gasteiger partial charge in [-0.3, -0.25) is 4.79 Å². The van der Waals surface area contributed by atoms with Gasteiger partial charge < -0.3 is 4.90 Å². The summed E-state index contributed by atoms with van der Waals surface area (Å²) in [4.78, 5) is 16.0. The van der Waals surface area contributed by atoms with Gasteiger partial charge in [0.2, 0.25) is 0 Å². The number of rotatable bonds is 2. The minimum Gasteiger partial charge on any atom is -0.331 e. The standard InChI is InChI=1S/C16H15BrFNOS/c1-2-14-11-6-8-21-15(11)5-7-19(14)16(20)12-9-10(18)3-4-13(12)17/h3-4,6,8-9,14H,2,5,7H2,1H3. The number of hydrogen-bond acceptors (Lipinski definition) is 2. The van der Waals surface area contributed by atoms with Crippen molar-refractivity contribution in [1.82, 2.24) is 4.90 Å². The van der Waals surface area contributed by atoms with Crippen molar-refractivity contribution in [3.8, 4) is 0 Å². The highest BCUT2D eigenvalue weighted by molar-refractivity contribution is 9.10. The molecule has 0 radical (unpaired) electrons. The highest BCUT2D eigenvalue weighted by Crippen LogP contribution is 2.36. The van der Waals surface area contributed by atoms with E-state index in [0.29, 0.717) is 16.6 Å². The first-order valence-corrected chi connectivity index (χ1v) is 8.61. The molecule has 0 saturated heterocycles. The second-order valence-electron chi connectivity index (χ2n) is 5.10. The lowest BCUT2D eigenvalue weighted by molar-refractivity contribution is 0.0656. The van der Waals surface area contributed by atoms with Crippen molar-refractivity contribution in [2.24, 2.45) is 0 Å². The van der Waals surface area contributed by atoms with Gasteiger partial charge in [-0.05, 0) is 64.0 Å². The summed E-state index contributed by atoms with van der Waals surface area (Å²) in [6.45, 7) is 2.77. The van der Waals surface area contributed by atoms with Crippen LogP contribution >= 0.6 is 27.3 Å². The summed E-state index contributed by atoms with van der Waals surface area (Å²) in [6.07, 6.45) is 1.74. The Hall–Kier alpha value is -1.20. The predicted octanol–water partition coefficient (Wildman–Crippen LogP) is 4.80. The van der Waals surface area contributed by atoms with Gasteiger partial charge in [-0.15, -0.1) is 11.3 Å². The first-order chi connectivity index (χ1) is 10.1. The Labute approximate surface area is 135 Å². The number of carbonyl (C=O) groups excluding carboxylic acids is 1. The van der Waals surface area contributed by atoms with Gasteiger partial charge in [0.25, 0.3) is 5.91 Å². The van der Waals surface area contributed by atoms with Gasteiger partial charge in [-0.25, -0.2) is 4.39 Å². The van der Waals surface area contributed by atoms with Crippen LogP contribution in [0.15, 0.2) is 34.1 Å². The van der Waals surface area contributed by atoms with Crippen molar-refractivity contribution in [3.05, 3.63) is 55.9 Å². The van der Waals surface area contributed by atoms with Crippen LogP contribution in [-0.2, 0) is 6.42 Å². The smallest absolute Gasteiger partial charge is 0.255 e. The molecule has 2 nitrogen and oxygen atoms in total. The van der Waals surface area contributed by atoms with Crippen LogP contribution in [0.2, 0.25) is 0 Å². The van der Waals surface area contributed by atoms with Gasteiger partial charge in [0.05, 0.1) is 11.6 Å².